The van der Waals surface area contributed by atoms with Crippen molar-refractivity contribution in [3.8, 4) is 0 Å². The van der Waals surface area contributed by atoms with Crippen molar-refractivity contribution in [3.63, 3.8) is 0 Å². The van der Waals surface area contributed by atoms with E-state index < -0.39 is 0 Å². The molecule has 1 aromatic rings. The van der Waals surface area contributed by atoms with Crippen molar-refractivity contribution in [2.24, 2.45) is 5.92 Å². The van der Waals surface area contributed by atoms with E-state index >= 15 is 0 Å². The van der Waals surface area contributed by atoms with E-state index in [4.69, 9.17) is 0 Å². The lowest BCUT2D eigenvalue weighted by atomic mass is 10.0. The fourth-order valence-electron chi connectivity index (χ4n) is 2.64. The largest absolute Gasteiger partial charge is 0.396 e. The van der Waals surface area contributed by atoms with Crippen molar-refractivity contribution < 1.29 is 9.90 Å². The minimum Gasteiger partial charge on any atom is -0.396 e. The molecule has 2 amide bonds. The molecule has 1 fully saturated rings. The molecule has 0 spiro atoms. The fraction of sp³-hybridized carbons (Fsp3) is 0.625. The maximum atomic E-state index is 11.9. The van der Waals surface area contributed by atoms with Crippen LogP contribution in [0.5, 0.6) is 0 Å². The minimum atomic E-state index is -0.144. The summed E-state index contributed by atoms with van der Waals surface area (Å²) in [7, 11) is 2.10. The highest BCUT2D eigenvalue weighted by atomic mass is 16.3. The highest BCUT2D eigenvalue weighted by Gasteiger charge is 2.18. The van der Waals surface area contributed by atoms with Gasteiger partial charge in [0.25, 0.3) is 0 Å². The number of nitrogens with zero attached hydrogens (tertiary/aromatic N) is 2. The Morgan fingerprint density at radius 2 is 2.23 bits per heavy atom. The SMILES string of the molecule is CN1CCC(NC(=O)NCC(CO)Cc2ccccn2)CC1. The number of urea groups is 1. The number of aliphatic hydroxyl groups is 1. The normalized spacial score (nSPS) is 17.9. The van der Waals surface area contributed by atoms with Crippen LogP contribution in [0.1, 0.15) is 18.5 Å². The molecule has 1 saturated heterocycles. The second-order valence-corrected chi connectivity index (χ2v) is 6.01. The molecule has 1 atom stereocenters. The molecule has 0 aromatic carbocycles. The van der Waals surface area contributed by atoms with Gasteiger partial charge < -0.3 is 20.6 Å². The number of pyridine rings is 1. The Morgan fingerprint density at radius 3 is 2.86 bits per heavy atom. The standard InChI is InChI=1S/C16H26N4O2/c1-20-8-5-14(6-9-20)19-16(22)18-11-13(12-21)10-15-4-2-3-7-17-15/h2-4,7,13-14,21H,5-6,8-12H2,1H3,(H2,18,19,22). The number of rotatable bonds is 6. The van der Waals surface area contributed by atoms with Crippen LogP contribution in [0.3, 0.4) is 0 Å². The monoisotopic (exact) mass is 306 g/mol. The van der Waals surface area contributed by atoms with Crippen LogP contribution in [0.4, 0.5) is 4.79 Å². The number of piperidine rings is 1. The van der Waals surface area contributed by atoms with E-state index in [1.165, 1.54) is 0 Å². The van der Waals surface area contributed by atoms with Gasteiger partial charge in [-0.2, -0.15) is 0 Å². The molecule has 3 N–H and O–H groups in total. The maximum Gasteiger partial charge on any atom is 0.315 e. The van der Waals surface area contributed by atoms with Gasteiger partial charge >= 0.3 is 6.03 Å². The van der Waals surface area contributed by atoms with Gasteiger partial charge in [-0.15, -0.1) is 0 Å². The number of hydrogen-bond donors (Lipinski definition) is 3. The predicted octanol–water partition coefficient (Wildman–Crippen LogP) is 0.626. The van der Waals surface area contributed by atoms with Gasteiger partial charge in [0.1, 0.15) is 0 Å². The quantitative estimate of drug-likeness (QED) is 0.720. The van der Waals surface area contributed by atoms with Gasteiger partial charge in [-0.3, -0.25) is 4.98 Å². The fourth-order valence-corrected chi connectivity index (χ4v) is 2.64. The first-order valence-corrected chi connectivity index (χ1v) is 7.91. The van der Waals surface area contributed by atoms with Crippen LogP contribution in [-0.2, 0) is 6.42 Å². The number of aromatic nitrogens is 1. The molecular formula is C16H26N4O2. The average molecular weight is 306 g/mol. The van der Waals surface area contributed by atoms with Gasteiger partial charge in [0.15, 0.2) is 0 Å². The summed E-state index contributed by atoms with van der Waals surface area (Å²) in [6.07, 6.45) is 4.37. The summed E-state index contributed by atoms with van der Waals surface area (Å²) >= 11 is 0. The first-order chi connectivity index (χ1) is 10.7. The summed E-state index contributed by atoms with van der Waals surface area (Å²) < 4.78 is 0. The molecule has 1 aliphatic rings. The van der Waals surface area contributed by atoms with E-state index in [9.17, 15) is 9.90 Å². The number of nitrogens with one attached hydrogen (secondary N) is 2. The lowest BCUT2D eigenvalue weighted by Gasteiger charge is -2.29. The van der Waals surface area contributed by atoms with Gasteiger partial charge in [-0.05, 0) is 51.5 Å². The van der Waals surface area contributed by atoms with Crippen molar-refractivity contribution in [1.29, 1.82) is 0 Å². The van der Waals surface area contributed by atoms with Crippen LogP contribution in [-0.4, -0.2) is 60.4 Å². The van der Waals surface area contributed by atoms with Crippen LogP contribution in [0, 0.1) is 5.92 Å². The zero-order valence-electron chi connectivity index (χ0n) is 13.2. The van der Waals surface area contributed by atoms with E-state index in [-0.39, 0.29) is 24.6 Å². The van der Waals surface area contributed by atoms with Crippen LogP contribution < -0.4 is 10.6 Å². The molecule has 2 heterocycles. The summed E-state index contributed by atoms with van der Waals surface area (Å²) in [6.45, 7) is 2.52. The highest BCUT2D eigenvalue weighted by Crippen LogP contribution is 2.08. The van der Waals surface area contributed by atoms with Crippen molar-refractivity contribution >= 4 is 6.03 Å². The molecular weight excluding hydrogens is 280 g/mol. The lowest BCUT2D eigenvalue weighted by molar-refractivity contribution is 0.203. The third kappa shape index (κ3) is 5.61. The number of aliphatic hydroxyl groups excluding tert-OH is 1. The summed E-state index contributed by atoms with van der Waals surface area (Å²) in [5.74, 6) is -0.0156. The van der Waals surface area contributed by atoms with Crippen molar-refractivity contribution in [2.45, 2.75) is 25.3 Å². The third-order valence-corrected chi connectivity index (χ3v) is 4.09. The molecule has 0 saturated carbocycles. The van der Waals surface area contributed by atoms with Gasteiger partial charge in [-0.1, -0.05) is 6.07 Å². The number of hydrogen-bond acceptors (Lipinski definition) is 4. The third-order valence-electron chi connectivity index (χ3n) is 4.09. The lowest BCUT2D eigenvalue weighted by Crippen LogP contribution is -2.48. The number of likely N-dealkylation sites (tertiary alicyclic amines) is 1. The number of amides is 2. The molecule has 2 rings (SSSR count). The Bertz CT molecular complexity index is 447. The second-order valence-electron chi connectivity index (χ2n) is 6.01. The van der Waals surface area contributed by atoms with E-state index in [0.717, 1.165) is 31.6 Å². The van der Waals surface area contributed by atoms with Gasteiger partial charge in [0, 0.05) is 37.0 Å². The average Bonchev–Trinajstić information content (AvgIpc) is 2.54. The van der Waals surface area contributed by atoms with E-state index in [2.05, 4.69) is 27.6 Å². The van der Waals surface area contributed by atoms with Crippen molar-refractivity contribution in [2.75, 3.05) is 33.3 Å². The van der Waals surface area contributed by atoms with Crippen LogP contribution in [0.25, 0.3) is 0 Å². The summed E-state index contributed by atoms with van der Waals surface area (Å²) in [4.78, 5) is 18.5. The van der Waals surface area contributed by atoms with Gasteiger partial charge in [0.05, 0.1) is 0 Å². The smallest absolute Gasteiger partial charge is 0.315 e. The molecule has 1 aromatic heterocycles. The molecule has 6 nitrogen and oxygen atoms in total. The summed E-state index contributed by atoms with van der Waals surface area (Å²) in [6, 6.07) is 5.83. The maximum absolute atomic E-state index is 11.9. The molecule has 1 aliphatic heterocycles. The molecule has 0 bridgehead atoms. The Balaban J connectivity index is 1.70. The van der Waals surface area contributed by atoms with E-state index in [1.807, 2.05) is 18.2 Å². The molecule has 0 aliphatic carbocycles. The first-order valence-electron chi connectivity index (χ1n) is 7.91. The van der Waals surface area contributed by atoms with Crippen LogP contribution >= 0.6 is 0 Å². The molecule has 0 radical (unpaired) electrons. The van der Waals surface area contributed by atoms with Crippen molar-refractivity contribution in [3.05, 3.63) is 30.1 Å². The Hall–Kier alpha value is -1.66. The van der Waals surface area contributed by atoms with E-state index in [0.29, 0.717) is 13.0 Å². The summed E-state index contributed by atoms with van der Waals surface area (Å²) in [5.41, 5.74) is 0.930. The molecule has 22 heavy (non-hydrogen) atoms. The topological polar surface area (TPSA) is 77.5 Å². The number of carbonyl (C=O) groups excluding carboxylic acids is 1. The predicted molar refractivity (Wildman–Crippen MR) is 85.6 cm³/mol. The molecule has 1 unspecified atom stereocenters. The highest BCUT2D eigenvalue weighted by molar-refractivity contribution is 5.74. The van der Waals surface area contributed by atoms with Crippen molar-refractivity contribution in [1.82, 2.24) is 20.5 Å². The van der Waals surface area contributed by atoms with Crippen LogP contribution in [0.2, 0.25) is 0 Å². The second kappa shape index (κ2) is 8.70. The molecule has 6 heteroatoms. The van der Waals surface area contributed by atoms with Crippen LogP contribution in [0.15, 0.2) is 24.4 Å². The Labute approximate surface area is 131 Å². The zero-order valence-corrected chi connectivity index (χ0v) is 13.2. The first kappa shape index (κ1) is 16.7. The Kier molecular flexibility index (Phi) is 6.61. The number of carbonyl (C=O) groups is 1. The Morgan fingerprint density at radius 1 is 1.45 bits per heavy atom. The minimum absolute atomic E-state index is 0.0156. The zero-order chi connectivity index (χ0) is 15.8. The summed E-state index contributed by atoms with van der Waals surface area (Å²) in [5, 5.41) is 15.3. The van der Waals surface area contributed by atoms with E-state index in [1.54, 1.807) is 6.20 Å². The van der Waals surface area contributed by atoms with Gasteiger partial charge in [0.2, 0.25) is 0 Å². The molecule has 122 valence electrons. The van der Waals surface area contributed by atoms with Gasteiger partial charge in [-0.25, -0.2) is 4.79 Å².